The van der Waals surface area contributed by atoms with E-state index in [1.54, 1.807) is 14.0 Å². The van der Waals surface area contributed by atoms with Crippen molar-refractivity contribution in [1.29, 1.82) is 0 Å². The maximum absolute atomic E-state index is 10.8. The van der Waals surface area contributed by atoms with Crippen molar-refractivity contribution in [3.05, 3.63) is 28.1 Å². The van der Waals surface area contributed by atoms with Crippen molar-refractivity contribution in [2.75, 3.05) is 12.4 Å². The highest BCUT2D eigenvalue weighted by atomic mass is 32.2. The zero-order chi connectivity index (χ0) is 13.1. The first-order valence-corrected chi connectivity index (χ1v) is 5.72. The fourth-order valence-corrected chi connectivity index (χ4v) is 1.93. The van der Waals surface area contributed by atoms with E-state index in [0.29, 0.717) is 22.0 Å². The molecule has 94 valence electrons. The average molecular weight is 267 g/mol. The van der Waals surface area contributed by atoms with Crippen LogP contribution >= 0.6 is 11.8 Å². The van der Waals surface area contributed by atoms with Crippen molar-refractivity contribution in [2.24, 2.45) is 0 Å². The van der Waals surface area contributed by atoms with E-state index >= 15 is 0 Å². The van der Waals surface area contributed by atoms with Gasteiger partial charge in [0.05, 0.1) is 11.0 Å². The molecule has 0 aliphatic heterocycles. The summed E-state index contributed by atoms with van der Waals surface area (Å²) in [5.41, 5.74) is -0.0481. The Morgan fingerprint density at radius 3 is 2.78 bits per heavy atom. The van der Waals surface area contributed by atoms with E-state index in [-0.39, 0.29) is 5.69 Å². The van der Waals surface area contributed by atoms with Crippen LogP contribution in [0.4, 0.5) is 11.5 Å². The fraction of sp³-hybridized carbons (Fsp3) is 0.222. The Kier molecular flexibility index (Phi) is 3.42. The first kappa shape index (κ1) is 12.3. The molecule has 0 aromatic carbocycles. The lowest BCUT2D eigenvalue weighted by atomic mass is 10.4. The number of hydrogen-bond donors (Lipinski definition) is 1. The van der Waals surface area contributed by atoms with Gasteiger partial charge in [-0.2, -0.15) is 0 Å². The minimum atomic E-state index is -0.481. The lowest BCUT2D eigenvalue weighted by Crippen LogP contribution is -1.96. The van der Waals surface area contributed by atoms with Crippen LogP contribution in [-0.4, -0.2) is 27.2 Å². The second-order valence-corrected chi connectivity index (χ2v) is 4.22. The van der Waals surface area contributed by atoms with Gasteiger partial charge in [-0.15, -0.1) is 10.2 Å². The molecule has 0 aliphatic carbocycles. The number of rotatable bonds is 4. The first-order valence-electron chi connectivity index (χ1n) is 4.90. The Labute approximate surface area is 106 Å². The van der Waals surface area contributed by atoms with Crippen LogP contribution in [-0.2, 0) is 0 Å². The molecule has 9 heteroatoms. The van der Waals surface area contributed by atoms with Gasteiger partial charge in [0.15, 0.2) is 0 Å². The smallest absolute Gasteiger partial charge is 0.282 e. The summed E-state index contributed by atoms with van der Waals surface area (Å²) in [7, 11) is 1.64. The van der Waals surface area contributed by atoms with Crippen molar-refractivity contribution >= 4 is 23.3 Å². The molecule has 2 heterocycles. The number of nitrogens with one attached hydrogen (secondary N) is 1. The molecule has 0 saturated heterocycles. The average Bonchev–Trinajstić information content (AvgIpc) is 2.74. The lowest BCUT2D eigenvalue weighted by molar-refractivity contribution is -0.385. The van der Waals surface area contributed by atoms with Crippen LogP contribution < -0.4 is 5.32 Å². The summed E-state index contributed by atoms with van der Waals surface area (Å²) in [6.07, 6.45) is 0. The van der Waals surface area contributed by atoms with Crippen LogP contribution in [0.1, 0.15) is 5.89 Å². The van der Waals surface area contributed by atoms with E-state index in [4.69, 9.17) is 4.42 Å². The number of hydrogen-bond acceptors (Lipinski definition) is 8. The Morgan fingerprint density at radius 1 is 1.44 bits per heavy atom. The Bertz CT molecular complexity index is 585. The fourth-order valence-electron chi connectivity index (χ4n) is 1.19. The van der Waals surface area contributed by atoms with Gasteiger partial charge in [-0.1, -0.05) is 0 Å². The highest BCUT2D eigenvalue weighted by Gasteiger charge is 2.13. The van der Waals surface area contributed by atoms with Gasteiger partial charge in [-0.05, 0) is 11.8 Å². The maximum atomic E-state index is 10.8. The van der Waals surface area contributed by atoms with Crippen LogP contribution in [0.25, 0.3) is 0 Å². The monoisotopic (exact) mass is 267 g/mol. The summed E-state index contributed by atoms with van der Waals surface area (Å²) in [6, 6.07) is 2.70. The summed E-state index contributed by atoms with van der Waals surface area (Å²) >= 11 is 1.07. The normalized spacial score (nSPS) is 10.3. The topological polar surface area (TPSA) is 107 Å². The second kappa shape index (κ2) is 5.00. The molecule has 18 heavy (non-hydrogen) atoms. The van der Waals surface area contributed by atoms with Gasteiger partial charge in [0.25, 0.3) is 10.9 Å². The summed E-state index contributed by atoms with van der Waals surface area (Å²) in [4.78, 5) is 14.4. The standard InChI is InChI=1S/C9H9N5O3S/c1-5-12-13-9(17-5)18-8-4-6(14(15)16)3-7(10-2)11-8/h3-4H,1-2H3,(H,10,11). The highest BCUT2D eigenvalue weighted by Crippen LogP contribution is 2.29. The molecule has 0 unspecified atom stereocenters. The third-order valence-corrected chi connectivity index (χ3v) is 2.71. The summed E-state index contributed by atoms with van der Waals surface area (Å²) in [5, 5.41) is 21.7. The van der Waals surface area contributed by atoms with Crippen LogP contribution in [0.15, 0.2) is 26.8 Å². The number of anilines is 1. The number of aromatic nitrogens is 3. The largest absolute Gasteiger partial charge is 0.416 e. The number of pyridine rings is 1. The number of aryl methyl sites for hydroxylation is 1. The van der Waals surface area contributed by atoms with Gasteiger partial charge < -0.3 is 9.73 Å². The quantitative estimate of drug-likeness (QED) is 0.660. The highest BCUT2D eigenvalue weighted by molar-refractivity contribution is 7.99. The first-order chi connectivity index (χ1) is 8.58. The van der Waals surface area contributed by atoms with Crippen LogP contribution in [0.3, 0.4) is 0 Å². The lowest BCUT2D eigenvalue weighted by Gasteiger charge is -2.01. The molecule has 0 amide bonds. The van der Waals surface area contributed by atoms with E-state index in [0.717, 1.165) is 11.8 Å². The molecule has 1 N–H and O–H groups in total. The van der Waals surface area contributed by atoms with Crippen molar-refractivity contribution in [3.8, 4) is 0 Å². The summed E-state index contributed by atoms with van der Waals surface area (Å²) < 4.78 is 5.17. The van der Waals surface area contributed by atoms with Crippen LogP contribution in [0, 0.1) is 17.0 Å². The van der Waals surface area contributed by atoms with Crippen molar-refractivity contribution in [3.63, 3.8) is 0 Å². The van der Waals surface area contributed by atoms with Gasteiger partial charge in [0.1, 0.15) is 10.8 Å². The van der Waals surface area contributed by atoms with Crippen LogP contribution in [0.2, 0.25) is 0 Å². The molecular weight excluding hydrogens is 258 g/mol. The minimum absolute atomic E-state index is 0.0481. The van der Waals surface area contributed by atoms with E-state index in [9.17, 15) is 10.1 Å². The van der Waals surface area contributed by atoms with Gasteiger partial charge in [0.2, 0.25) is 5.89 Å². The van der Waals surface area contributed by atoms with Crippen molar-refractivity contribution in [2.45, 2.75) is 17.2 Å². The zero-order valence-corrected chi connectivity index (χ0v) is 10.4. The SMILES string of the molecule is CNc1cc([N+](=O)[O-])cc(Sc2nnc(C)o2)n1. The zero-order valence-electron chi connectivity index (χ0n) is 9.58. The predicted octanol–water partition coefficient (Wildman–Crippen LogP) is 1.87. The molecule has 2 aromatic heterocycles. The molecule has 2 aromatic rings. The van der Waals surface area contributed by atoms with E-state index in [1.165, 1.54) is 12.1 Å². The van der Waals surface area contributed by atoms with E-state index in [1.807, 2.05) is 0 Å². The van der Waals surface area contributed by atoms with Gasteiger partial charge >= 0.3 is 0 Å². The third-order valence-electron chi connectivity index (χ3n) is 1.95. The van der Waals surface area contributed by atoms with E-state index in [2.05, 4.69) is 20.5 Å². The van der Waals surface area contributed by atoms with Crippen molar-refractivity contribution < 1.29 is 9.34 Å². The molecule has 2 rings (SSSR count). The van der Waals surface area contributed by atoms with Crippen LogP contribution in [0.5, 0.6) is 0 Å². The molecule has 0 saturated carbocycles. The van der Waals surface area contributed by atoms with Gasteiger partial charge in [0, 0.05) is 20.0 Å². The summed E-state index contributed by atoms with van der Waals surface area (Å²) in [5.74, 6) is 0.833. The predicted molar refractivity (Wildman–Crippen MR) is 63.6 cm³/mol. The van der Waals surface area contributed by atoms with Crippen molar-refractivity contribution in [1.82, 2.24) is 15.2 Å². The maximum Gasteiger partial charge on any atom is 0.282 e. The van der Waals surface area contributed by atoms with Gasteiger partial charge in [-0.3, -0.25) is 10.1 Å². The Balaban J connectivity index is 2.32. The molecule has 0 atom stereocenters. The molecule has 0 radical (unpaired) electrons. The number of nitro groups is 1. The molecule has 0 spiro atoms. The molecule has 8 nitrogen and oxygen atoms in total. The Hall–Kier alpha value is -2.16. The molecule has 0 fully saturated rings. The van der Waals surface area contributed by atoms with E-state index < -0.39 is 4.92 Å². The third kappa shape index (κ3) is 2.74. The molecule has 0 bridgehead atoms. The Morgan fingerprint density at radius 2 is 2.22 bits per heavy atom. The van der Waals surface area contributed by atoms with Gasteiger partial charge in [-0.25, -0.2) is 4.98 Å². The summed E-state index contributed by atoms with van der Waals surface area (Å²) in [6.45, 7) is 1.66. The molecule has 0 aliphatic rings. The molecular formula is C9H9N5O3S. The minimum Gasteiger partial charge on any atom is -0.416 e. The number of nitrogens with zero attached hydrogens (tertiary/aromatic N) is 4. The second-order valence-electron chi connectivity index (χ2n) is 3.24.